The zero-order valence-corrected chi connectivity index (χ0v) is 20.4. The number of ether oxygens (including phenoxy) is 1. The fraction of sp³-hybridized carbons (Fsp3) is 0.464. The SMILES string of the molecule is Cc1c(CC(=O)N2CC3CC(C2)c2cccc(=O)n2C3)c(=O)oc2cc3c(cc12)CCC(C)(C)O3. The van der Waals surface area contributed by atoms with Crippen LogP contribution in [-0.2, 0) is 24.2 Å². The molecule has 2 atom stereocenters. The number of benzene rings is 1. The Hall–Kier alpha value is -3.35. The second-order valence-corrected chi connectivity index (χ2v) is 11.0. The summed E-state index contributed by atoms with van der Waals surface area (Å²) in [6.07, 6.45) is 2.81. The molecule has 0 saturated carbocycles. The number of aromatic nitrogens is 1. The third-order valence-corrected chi connectivity index (χ3v) is 8.01. The van der Waals surface area contributed by atoms with E-state index in [1.54, 1.807) is 12.1 Å². The third kappa shape index (κ3) is 3.77. The van der Waals surface area contributed by atoms with Gasteiger partial charge in [0.15, 0.2) is 0 Å². The number of nitrogens with zero attached hydrogens (tertiary/aromatic N) is 2. The highest BCUT2D eigenvalue weighted by molar-refractivity contribution is 5.86. The van der Waals surface area contributed by atoms with E-state index in [1.807, 2.05) is 34.6 Å². The van der Waals surface area contributed by atoms with Gasteiger partial charge in [-0.15, -0.1) is 0 Å². The molecular formula is C28H30N2O5. The molecular weight excluding hydrogens is 444 g/mol. The molecule has 35 heavy (non-hydrogen) atoms. The van der Waals surface area contributed by atoms with Crippen molar-refractivity contribution in [2.24, 2.45) is 5.92 Å². The maximum atomic E-state index is 13.4. The topological polar surface area (TPSA) is 81.8 Å². The van der Waals surface area contributed by atoms with Crippen molar-refractivity contribution in [2.45, 2.75) is 64.5 Å². The normalized spacial score (nSPS) is 22.3. The van der Waals surface area contributed by atoms with Crippen LogP contribution in [0.2, 0.25) is 0 Å². The molecule has 182 valence electrons. The van der Waals surface area contributed by atoms with Crippen molar-refractivity contribution < 1.29 is 13.9 Å². The molecule has 2 bridgehead atoms. The minimum Gasteiger partial charge on any atom is -0.487 e. The van der Waals surface area contributed by atoms with Crippen LogP contribution in [0.5, 0.6) is 5.75 Å². The third-order valence-electron chi connectivity index (χ3n) is 8.01. The number of amides is 1. The first kappa shape index (κ1) is 22.1. The number of piperidine rings is 1. The Morgan fingerprint density at radius 3 is 2.80 bits per heavy atom. The molecule has 1 aromatic carbocycles. The number of carbonyl (C=O) groups excluding carboxylic acids is 1. The lowest BCUT2D eigenvalue weighted by Gasteiger charge is -2.42. The molecule has 0 spiro atoms. The first-order valence-electron chi connectivity index (χ1n) is 12.4. The summed E-state index contributed by atoms with van der Waals surface area (Å²) in [4.78, 5) is 40.5. The Bertz CT molecular complexity index is 1480. The van der Waals surface area contributed by atoms with Gasteiger partial charge in [-0.2, -0.15) is 0 Å². The number of hydrogen-bond acceptors (Lipinski definition) is 5. The van der Waals surface area contributed by atoms with Crippen molar-refractivity contribution in [1.29, 1.82) is 0 Å². The van der Waals surface area contributed by atoms with Crippen molar-refractivity contribution >= 4 is 16.9 Å². The van der Waals surface area contributed by atoms with Gasteiger partial charge in [-0.25, -0.2) is 4.79 Å². The van der Waals surface area contributed by atoms with Crippen LogP contribution in [0.1, 0.15) is 55.0 Å². The summed E-state index contributed by atoms with van der Waals surface area (Å²) in [7, 11) is 0. The van der Waals surface area contributed by atoms with Gasteiger partial charge in [-0.1, -0.05) is 6.07 Å². The van der Waals surface area contributed by atoms with Crippen molar-refractivity contribution in [1.82, 2.24) is 9.47 Å². The zero-order chi connectivity index (χ0) is 24.5. The van der Waals surface area contributed by atoms with Crippen LogP contribution in [0.3, 0.4) is 0 Å². The molecule has 1 fully saturated rings. The molecule has 7 heteroatoms. The quantitative estimate of drug-likeness (QED) is 0.531. The summed E-state index contributed by atoms with van der Waals surface area (Å²) in [5.41, 5.74) is 3.13. The van der Waals surface area contributed by atoms with E-state index in [4.69, 9.17) is 9.15 Å². The fourth-order valence-corrected chi connectivity index (χ4v) is 6.10. The van der Waals surface area contributed by atoms with Crippen LogP contribution in [0, 0.1) is 12.8 Å². The minimum atomic E-state index is -0.465. The fourth-order valence-electron chi connectivity index (χ4n) is 6.10. The van der Waals surface area contributed by atoms with E-state index in [-0.39, 0.29) is 35.3 Å². The van der Waals surface area contributed by atoms with Crippen LogP contribution in [0.4, 0.5) is 0 Å². The van der Waals surface area contributed by atoms with Crippen molar-refractivity contribution in [2.75, 3.05) is 13.1 Å². The predicted molar refractivity (Wildman–Crippen MR) is 132 cm³/mol. The summed E-state index contributed by atoms with van der Waals surface area (Å²) < 4.78 is 13.6. The van der Waals surface area contributed by atoms with E-state index in [9.17, 15) is 14.4 Å². The number of likely N-dealkylation sites (tertiary alicyclic amines) is 1. The van der Waals surface area contributed by atoms with E-state index in [0.29, 0.717) is 30.8 Å². The molecule has 7 nitrogen and oxygen atoms in total. The molecule has 3 aliphatic rings. The average molecular weight is 475 g/mol. The first-order valence-corrected chi connectivity index (χ1v) is 12.4. The van der Waals surface area contributed by atoms with Crippen molar-refractivity contribution in [3.05, 3.63) is 73.5 Å². The molecule has 2 aromatic heterocycles. The van der Waals surface area contributed by atoms with Gasteiger partial charge in [0.2, 0.25) is 5.91 Å². The molecule has 1 amide bonds. The molecule has 0 radical (unpaired) electrons. The van der Waals surface area contributed by atoms with E-state index in [1.165, 1.54) is 0 Å². The Morgan fingerprint density at radius 2 is 1.97 bits per heavy atom. The summed E-state index contributed by atoms with van der Waals surface area (Å²) in [6.45, 7) is 7.82. The predicted octanol–water partition coefficient (Wildman–Crippen LogP) is 3.56. The largest absolute Gasteiger partial charge is 0.487 e. The Morgan fingerprint density at radius 1 is 1.14 bits per heavy atom. The Kier molecular flexibility index (Phi) is 4.95. The van der Waals surface area contributed by atoms with Gasteiger partial charge < -0.3 is 18.6 Å². The highest BCUT2D eigenvalue weighted by Crippen LogP contribution is 2.37. The molecule has 3 aliphatic heterocycles. The van der Waals surface area contributed by atoms with E-state index in [2.05, 4.69) is 13.8 Å². The smallest absolute Gasteiger partial charge is 0.340 e. The molecule has 0 N–H and O–H groups in total. The van der Waals surface area contributed by atoms with Crippen LogP contribution >= 0.6 is 0 Å². The van der Waals surface area contributed by atoms with Gasteiger partial charge >= 0.3 is 5.63 Å². The lowest BCUT2D eigenvalue weighted by Crippen LogP contribution is -2.49. The van der Waals surface area contributed by atoms with Gasteiger partial charge in [-0.3, -0.25) is 9.59 Å². The summed E-state index contributed by atoms with van der Waals surface area (Å²) in [5.74, 6) is 1.09. The van der Waals surface area contributed by atoms with Crippen LogP contribution < -0.4 is 15.9 Å². The molecule has 2 unspecified atom stereocenters. The lowest BCUT2D eigenvalue weighted by atomic mass is 9.83. The van der Waals surface area contributed by atoms with Crippen LogP contribution in [-0.4, -0.2) is 34.1 Å². The second kappa shape index (κ2) is 7.83. The molecule has 0 aliphatic carbocycles. The maximum absolute atomic E-state index is 13.4. The lowest BCUT2D eigenvalue weighted by molar-refractivity contribution is -0.133. The van der Waals surface area contributed by atoms with Gasteiger partial charge in [-0.05, 0) is 69.2 Å². The zero-order valence-electron chi connectivity index (χ0n) is 20.4. The van der Waals surface area contributed by atoms with Crippen molar-refractivity contribution in [3.63, 3.8) is 0 Å². The number of rotatable bonds is 2. The molecule has 3 aromatic rings. The van der Waals surface area contributed by atoms with Gasteiger partial charge in [0.25, 0.3) is 5.56 Å². The van der Waals surface area contributed by atoms with Crippen LogP contribution in [0.15, 0.2) is 44.3 Å². The number of fused-ring (bicyclic) bond motifs is 6. The number of aryl methyl sites for hydroxylation is 2. The van der Waals surface area contributed by atoms with Crippen LogP contribution in [0.25, 0.3) is 11.0 Å². The maximum Gasteiger partial charge on any atom is 0.340 e. The Balaban J connectivity index is 1.28. The van der Waals surface area contributed by atoms with E-state index < -0.39 is 5.63 Å². The number of carbonyl (C=O) groups is 1. The molecule has 5 heterocycles. The second-order valence-electron chi connectivity index (χ2n) is 11.0. The summed E-state index contributed by atoms with van der Waals surface area (Å²) in [5, 5.41) is 0.860. The number of pyridine rings is 1. The van der Waals surface area contributed by atoms with E-state index in [0.717, 1.165) is 47.2 Å². The standard InChI is InChI=1S/C28H30N2O5/c1-16-20-10-18-7-8-28(2,3)35-23(18)12-24(20)34-27(33)21(16)11-26(32)29-13-17-9-19(15-29)22-5-4-6-25(31)30(22)14-17/h4-6,10,12,17,19H,7-9,11,13-15H2,1-3H3. The summed E-state index contributed by atoms with van der Waals surface area (Å²) >= 11 is 0. The highest BCUT2D eigenvalue weighted by atomic mass is 16.5. The first-order chi connectivity index (χ1) is 16.7. The monoisotopic (exact) mass is 474 g/mol. The Labute approximate surface area is 203 Å². The van der Waals surface area contributed by atoms with Gasteiger partial charge in [0.05, 0.1) is 12.0 Å². The minimum absolute atomic E-state index is 0.0196. The van der Waals surface area contributed by atoms with Crippen molar-refractivity contribution in [3.8, 4) is 5.75 Å². The average Bonchev–Trinajstić information content (AvgIpc) is 2.81. The van der Waals surface area contributed by atoms with Gasteiger partial charge in [0, 0.05) is 48.8 Å². The molecule has 6 rings (SSSR count). The van der Waals surface area contributed by atoms with Gasteiger partial charge in [0.1, 0.15) is 16.9 Å². The summed E-state index contributed by atoms with van der Waals surface area (Å²) in [6, 6.07) is 9.25. The van der Waals surface area contributed by atoms with E-state index >= 15 is 0 Å². The molecule has 1 saturated heterocycles. The highest BCUT2D eigenvalue weighted by Gasteiger charge is 2.36. The number of hydrogen-bond donors (Lipinski definition) is 0.